The van der Waals surface area contributed by atoms with Crippen molar-refractivity contribution in [2.75, 3.05) is 11.9 Å². The molecule has 8 heteroatoms. The first kappa shape index (κ1) is 18.6. The number of carbonyl (C=O) groups is 1. The third kappa shape index (κ3) is 3.39. The summed E-state index contributed by atoms with van der Waals surface area (Å²) in [4.78, 5) is 11.3. The number of hydrogen-bond donors (Lipinski definition) is 1. The second kappa shape index (κ2) is 7.20. The number of nitrogens with zero attached hydrogens (tertiary/aromatic N) is 2. The molecule has 0 unspecified atom stereocenters. The maximum Gasteiger partial charge on any atom is 0.243 e. The number of anilines is 1. The van der Waals surface area contributed by atoms with E-state index in [0.717, 1.165) is 29.9 Å². The van der Waals surface area contributed by atoms with Gasteiger partial charge in [0, 0.05) is 31.1 Å². The molecule has 2 heterocycles. The Labute approximate surface area is 153 Å². The zero-order valence-electron chi connectivity index (χ0n) is 15.2. The van der Waals surface area contributed by atoms with Gasteiger partial charge in [0.05, 0.1) is 16.6 Å². The van der Waals surface area contributed by atoms with Crippen LogP contribution in [0.5, 0.6) is 0 Å². The van der Waals surface area contributed by atoms with Gasteiger partial charge in [0.25, 0.3) is 0 Å². The van der Waals surface area contributed by atoms with E-state index in [-0.39, 0.29) is 16.8 Å². The van der Waals surface area contributed by atoms with Crippen LogP contribution in [0.2, 0.25) is 0 Å². The van der Waals surface area contributed by atoms with Gasteiger partial charge in [-0.1, -0.05) is 12.1 Å². The molecule has 1 N–H and O–H groups in total. The lowest BCUT2D eigenvalue weighted by Crippen LogP contribution is -2.31. The average molecular weight is 377 g/mol. The van der Waals surface area contributed by atoms with Gasteiger partial charge in [0.2, 0.25) is 15.9 Å². The van der Waals surface area contributed by atoms with Crippen molar-refractivity contribution in [2.24, 2.45) is 0 Å². The van der Waals surface area contributed by atoms with E-state index in [1.165, 1.54) is 19.1 Å². The molecule has 26 heavy (non-hydrogen) atoms. The van der Waals surface area contributed by atoms with Crippen molar-refractivity contribution >= 4 is 21.6 Å². The summed E-state index contributed by atoms with van der Waals surface area (Å²) < 4.78 is 33.2. The highest BCUT2D eigenvalue weighted by molar-refractivity contribution is 7.89. The molecule has 1 saturated heterocycles. The molecule has 0 aliphatic carbocycles. The molecule has 0 bridgehead atoms. The molecule has 1 aromatic heterocycles. The second-order valence-electron chi connectivity index (χ2n) is 6.44. The molecule has 7 nitrogen and oxygen atoms in total. The monoisotopic (exact) mass is 377 g/mol. The minimum Gasteiger partial charge on any atom is -0.361 e. The predicted octanol–water partition coefficient (Wildman–Crippen LogP) is 3.03. The molecule has 3 rings (SSSR count). The van der Waals surface area contributed by atoms with E-state index in [2.05, 4.69) is 10.5 Å². The molecule has 0 saturated carbocycles. The number of aryl methyl sites for hydroxylation is 2. The molecule has 2 aromatic rings. The number of aromatic nitrogens is 1. The topological polar surface area (TPSA) is 92.5 Å². The molecule has 1 fully saturated rings. The number of rotatable bonds is 5. The Kier molecular flexibility index (Phi) is 5.15. The maximum atomic E-state index is 13.2. The molecule has 0 radical (unpaired) electrons. The Morgan fingerprint density at radius 3 is 2.65 bits per heavy atom. The molecule has 1 aliphatic heterocycles. The van der Waals surface area contributed by atoms with Gasteiger partial charge in [-0.15, -0.1) is 0 Å². The number of amides is 1. The van der Waals surface area contributed by atoms with Gasteiger partial charge >= 0.3 is 0 Å². The van der Waals surface area contributed by atoms with Crippen LogP contribution in [0.3, 0.4) is 0 Å². The van der Waals surface area contributed by atoms with E-state index in [9.17, 15) is 13.2 Å². The van der Waals surface area contributed by atoms with Crippen LogP contribution in [0.4, 0.5) is 5.69 Å². The third-order valence-corrected chi connectivity index (χ3v) is 6.54. The van der Waals surface area contributed by atoms with Gasteiger partial charge in [-0.2, -0.15) is 4.31 Å². The predicted molar refractivity (Wildman–Crippen MR) is 97.2 cm³/mol. The van der Waals surface area contributed by atoms with Crippen molar-refractivity contribution in [1.82, 2.24) is 9.46 Å². The molecule has 1 aliphatic rings. The van der Waals surface area contributed by atoms with Crippen molar-refractivity contribution in [1.29, 1.82) is 0 Å². The molecular formula is C18H23N3O4S. The van der Waals surface area contributed by atoms with Gasteiger partial charge in [0.1, 0.15) is 5.76 Å². The Hall–Kier alpha value is -2.19. The molecule has 0 spiro atoms. The lowest BCUT2D eigenvalue weighted by Gasteiger charge is -2.24. The van der Waals surface area contributed by atoms with Gasteiger partial charge < -0.3 is 9.84 Å². The van der Waals surface area contributed by atoms with Crippen LogP contribution in [-0.2, 0) is 21.2 Å². The summed E-state index contributed by atoms with van der Waals surface area (Å²) >= 11 is 0. The molecule has 1 amide bonds. The normalized spacial score (nSPS) is 18.2. The first-order valence-corrected chi connectivity index (χ1v) is 10.1. The standard InChI is InChI=1S/C18H23N3O4S/c1-4-17-18(12(2)20-25-17)16-6-5-11-21(16)26(23,24)15-9-7-14(8-10-15)19-13(3)22/h7-10,16H,4-6,11H2,1-3H3,(H,19,22)/t16-/m1/s1. The Morgan fingerprint density at radius 2 is 2.04 bits per heavy atom. The number of sulfonamides is 1. The smallest absolute Gasteiger partial charge is 0.243 e. The van der Waals surface area contributed by atoms with E-state index in [1.807, 2.05) is 13.8 Å². The lowest BCUT2D eigenvalue weighted by molar-refractivity contribution is -0.114. The van der Waals surface area contributed by atoms with Crippen LogP contribution < -0.4 is 5.32 Å². The molecule has 1 aromatic carbocycles. The highest BCUT2D eigenvalue weighted by Crippen LogP contribution is 2.39. The van der Waals surface area contributed by atoms with E-state index in [4.69, 9.17) is 4.52 Å². The van der Waals surface area contributed by atoms with Crippen molar-refractivity contribution < 1.29 is 17.7 Å². The maximum absolute atomic E-state index is 13.2. The second-order valence-corrected chi connectivity index (χ2v) is 8.33. The van der Waals surface area contributed by atoms with Crippen LogP contribution in [0.15, 0.2) is 33.7 Å². The summed E-state index contributed by atoms with van der Waals surface area (Å²) in [6.45, 7) is 5.70. The summed E-state index contributed by atoms with van der Waals surface area (Å²) in [6, 6.07) is 5.99. The lowest BCUT2D eigenvalue weighted by atomic mass is 10.0. The van der Waals surface area contributed by atoms with E-state index >= 15 is 0 Å². The zero-order valence-corrected chi connectivity index (χ0v) is 16.0. The summed E-state index contributed by atoms with van der Waals surface area (Å²) in [6.07, 6.45) is 2.21. The summed E-state index contributed by atoms with van der Waals surface area (Å²) in [5.74, 6) is 0.547. The number of benzene rings is 1. The Balaban J connectivity index is 1.93. The van der Waals surface area contributed by atoms with Crippen molar-refractivity contribution in [3.8, 4) is 0 Å². The fraction of sp³-hybridized carbons (Fsp3) is 0.444. The Morgan fingerprint density at radius 1 is 1.35 bits per heavy atom. The van der Waals surface area contributed by atoms with Crippen molar-refractivity contribution in [3.05, 3.63) is 41.3 Å². The third-order valence-electron chi connectivity index (χ3n) is 4.62. The van der Waals surface area contributed by atoms with E-state index < -0.39 is 10.0 Å². The van der Waals surface area contributed by atoms with Gasteiger partial charge in [-0.25, -0.2) is 8.42 Å². The van der Waals surface area contributed by atoms with Gasteiger partial charge in [-0.3, -0.25) is 4.79 Å². The summed E-state index contributed by atoms with van der Waals surface area (Å²) in [5.41, 5.74) is 2.20. The zero-order chi connectivity index (χ0) is 18.9. The fourth-order valence-corrected chi connectivity index (χ4v) is 5.14. The highest BCUT2D eigenvalue weighted by atomic mass is 32.2. The summed E-state index contributed by atoms with van der Waals surface area (Å²) in [5, 5.41) is 6.66. The molecule has 140 valence electrons. The highest BCUT2D eigenvalue weighted by Gasteiger charge is 2.39. The van der Waals surface area contributed by atoms with Crippen molar-refractivity contribution in [2.45, 2.75) is 51.0 Å². The number of hydrogen-bond acceptors (Lipinski definition) is 5. The van der Waals surface area contributed by atoms with Crippen LogP contribution in [-0.4, -0.2) is 30.3 Å². The average Bonchev–Trinajstić information content (AvgIpc) is 3.21. The number of nitrogens with one attached hydrogen (secondary N) is 1. The van der Waals surface area contributed by atoms with E-state index in [0.29, 0.717) is 18.7 Å². The fourth-order valence-electron chi connectivity index (χ4n) is 3.47. The first-order chi connectivity index (χ1) is 12.3. The van der Waals surface area contributed by atoms with Crippen LogP contribution in [0.25, 0.3) is 0 Å². The van der Waals surface area contributed by atoms with Crippen LogP contribution in [0.1, 0.15) is 49.7 Å². The van der Waals surface area contributed by atoms with Gasteiger partial charge in [0.15, 0.2) is 0 Å². The van der Waals surface area contributed by atoms with Crippen LogP contribution in [0, 0.1) is 6.92 Å². The summed E-state index contributed by atoms with van der Waals surface area (Å²) in [7, 11) is -3.65. The SMILES string of the molecule is CCc1onc(C)c1[C@H]1CCCN1S(=O)(=O)c1ccc(NC(C)=O)cc1. The Bertz CT molecular complexity index is 903. The molecule has 1 atom stereocenters. The van der Waals surface area contributed by atoms with Crippen LogP contribution >= 0.6 is 0 Å². The first-order valence-electron chi connectivity index (χ1n) is 8.69. The largest absolute Gasteiger partial charge is 0.361 e. The minimum absolute atomic E-state index is 0.199. The minimum atomic E-state index is -3.65. The number of carbonyl (C=O) groups excluding carboxylic acids is 1. The quantitative estimate of drug-likeness (QED) is 0.864. The van der Waals surface area contributed by atoms with E-state index in [1.54, 1.807) is 16.4 Å². The van der Waals surface area contributed by atoms with Gasteiger partial charge in [-0.05, 0) is 44.0 Å². The molecular weight excluding hydrogens is 354 g/mol. The van der Waals surface area contributed by atoms with Crippen molar-refractivity contribution in [3.63, 3.8) is 0 Å².